The summed E-state index contributed by atoms with van der Waals surface area (Å²) in [4.78, 5) is 0. The van der Waals surface area contributed by atoms with Crippen LogP contribution >= 0.6 is 0 Å². The zero-order valence-corrected chi connectivity index (χ0v) is 13.0. The van der Waals surface area contributed by atoms with Crippen molar-refractivity contribution in [3.8, 4) is 0 Å². The standard InChI is InChI=1S/C17H28FNO/c1-4-9-19-17(8-11-20-10-5-2)13-15-6-7-16(18)12-14(15)3/h6-7,12,17,19H,4-5,8-11,13H2,1-3H3. The molecule has 0 radical (unpaired) electrons. The predicted molar refractivity (Wildman–Crippen MR) is 82.6 cm³/mol. The lowest BCUT2D eigenvalue weighted by molar-refractivity contribution is 0.124. The summed E-state index contributed by atoms with van der Waals surface area (Å²) in [6.45, 7) is 8.89. The fourth-order valence-corrected chi connectivity index (χ4v) is 2.25. The molecule has 2 nitrogen and oxygen atoms in total. The zero-order valence-electron chi connectivity index (χ0n) is 13.0. The van der Waals surface area contributed by atoms with Crippen LogP contribution in [0.5, 0.6) is 0 Å². The summed E-state index contributed by atoms with van der Waals surface area (Å²) in [5.74, 6) is -0.157. The Labute approximate surface area is 122 Å². The molecule has 114 valence electrons. The van der Waals surface area contributed by atoms with E-state index in [9.17, 15) is 4.39 Å². The molecule has 0 spiro atoms. The number of aryl methyl sites for hydroxylation is 1. The van der Waals surface area contributed by atoms with E-state index in [1.165, 1.54) is 5.56 Å². The van der Waals surface area contributed by atoms with Crippen molar-refractivity contribution in [3.63, 3.8) is 0 Å². The minimum atomic E-state index is -0.157. The molecular formula is C17H28FNO. The highest BCUT2D eigenvalue weighted by molar-refractivity contribution is 5.27. The molecule has 0 saturated carbocycles. The zero-order chi connectivity index (χ0) is 14.8. The highest BCUT2D eigenvalue weighted by Gasteiger charge is 2.11. The third-order valence-corrected chi connectivity index (χ3v) is 3.41. The monoisotopic (exact) mass is 281 g/mol. The molecule has 0 aliphatic rings. The van der Waals surface area contributed by atoms with Gasteiger partial charge in [0.1, 0.15) is 5.82 Å². The smallest absolute Gasteiger partial charge is 0.123 e. The maximum atomic E-state index is 13.1. The fraction of sp³-hybridized carbons (Fsp3) is 0.647. The van der Waals surface area contributed by atoms with Crippen LogP contribution in [0, 0.1) is 12.7 Å². The number of halogens is 1. The minimum absolute atomic E-state index is 0.157. The number of nitrogens with one attached hydrogen (secondary N) is 1. The summed E-state index contributed by atoms with van der Waals surface area (Å²) in [5.41, 5.74) is 2.25. The van der Waals surface area contributed by atoms with Crippen LogP contribution in [0.4, 0.5) is 4.39 Å². The molecule has 1 unspecified atom stereocenters. The second-order valence-electron chi connectivity index (χ2n) is 5.33. The van der Waals surface area contributed by atoms with Crippen LogP contribution in [0.3, 0.4) is 0 Å². The van der Waals surface area contributed by atoms with Gasteiger partial charge in [0, 0.05) is 19.3 Å². The van der Waals surface area contributed by atoms with Crippen LogP contribution in [0.2, 0.25) is 0 Å². The van der Waals surface area contributed by atoms with Gasteiger partial charge in [0.05, 0.1) is 0 Å². The SMILES string of the molecule is CCCNC(CCOCCC)Cc1ccc(F)cc1C. The quantitative estimate of drug-likeness (QED) is 0.658. The second-order valence-corrected chi connectivity index (χ2v) is 5.33. The first kappa shape index (κ1) is 17.1. The van der Waals surface area contributed by atoms with Crippen molar-refractivity contribution in [3.05, 3.63) is 35.1 Å². The Bertz CT molecular complexity index is 381. The molecule has 0 heterocycles. The van der Waals surface area contributed by atoms with Gasteiger partial charge in [0.2, 0.25) is 0 Å². The summed E-state index contributed by atoms with van der Waals surface area (Å²) in [5, 5.41) is 3.56. The predicted octanol–water partition coefficient (Wildman–Crippen LogP) is 3.86. The van der Waals surface area contributed by atoms with Crippen LogP contribution in [0.1, 0.15) is 44.2 Å². The van der Waals surface area contributed by atoms with Crippen molar-refractivity contribution in [1.29, 1.82) is 0 Å². The van der Waals surface area contributed by atoms with Crippen molar-refractivity contribution in [2.45, 2.75) is 52.5 Å². The van der Waals surface area contributed by atoms with Crippen LogP contribution in [-0.4, -0.2) is 25.8 Å². The normalized spacial score (nSPS) is 12.6. The Morgan fingerprint density at radius 2 is 2.00 bits per heavy atom. The van der Waals surface area contributed by atoms with E-state index < -0.39 is 0 Å². The van der Waals surface area contributed by atoms with Gasteiger partial charge in [-0.1, -0.05) is 19.9 Å². The summed E-state index contributed by atoms with van der Waals surface area (Å²) >= 11 is 0. The van der Waals surface area contributed by atoms with Gasteiger partial charge in [0.25, 0.3) is 0 Å². The largest absolute Gasteiger partial charge is 0.381 e. The molecule has 20 heavy (non-hydrogen) atoms. The van der Waals surface area contributed by atoms with E-state index in [1.54, 1.807) is 12.1 Å². The molecule has 3 heteroatoms. The lowest BCUT2D eigenvalue weighted by atomic mass is 9.99. The number of hydrogen-bond donors (Lipinski definition) is 1. The fourth-order valence-electron chi connectivity index (χ4n) is 2.25. The van der Waals surface area contributed by atoms with E-state index in [1.807, 2.05) is 13.0 Å². The summed E-state index contributed by atoms with van der Waals surface area (Å²) in [6, 6.07) is 5.46. The number of ether oxygens (including phenoxy) is 1. The maximum Gasteiger partial charge on any atom is 0.123 e. The first-order chi connectivity index (χ1) is 9.67. The third-order valence-electron chi connectivity index (χ3n) is 3.41. The Kier molecular flexibility index (Phi) is 8.47. The molecule has 0 saturated heterocycles. The van der Waals surface area contributed by atoms with E-state index in [-0.39, 0.29) is 5.82 Å². The molecule has 0 aliphatic heterocycles. The molecule has 0 aliphatic carbocycles. The Morgan fingerprint density at radius 3 is 2.65 bits per heavy atom. The molecule has 0 bridgehead atoms. The molecule has 1 aromatic carbocycles. The van der Waals surface area contributed by atoms with E-state index >= 15 is 0 Å². The topological polar surface area (TPSA) is 21.3 Å². The maximum absolute atomic E-state index is 13.1. The number of rotatable bonds is 10. The average Bonchev–Trinajstić information content (AvgIpc) is 2.43. The third kappa shape index (κ3) is 6.49. The van der Waals surface area contributed by atoms with Crippen molar-refractivity contribution >= 4 is 0 Å². The number of hydrogen-bond acceptors (Lipinski definition) is 2. The Hall–Kier alpha value is -0.930. The molecule has 0 amide bonds. The molecule has 0 aromatic heterocycles. The van der Waals surface area contributed by atoms with Crippen molar-refractivity contribution in [2.75, 3.05) is 19.8 Å². The molecule has 0 fully saturated rings. The lowest BCUT2D eigenvalue weighted by Gasteiger charge is -2.19. The van der Waals surface area contributed by atoms with Gasteiger partial charge in [-0.2, -0.15) is 0 Å². The molecular weight excluding hydrogens is 253 g/mol. The van der Waals surface area contributed by atoms with Crippen molar-refractivity contribution in [2.24, 2.45) is 0 Å². The number of benzene rings is 1. The van der Waals surface area contributed by atoms with Crippen LogP contribution in [0.15, 0.2) is 18.2 Å². The van der Waals surface area contributed by atoms with Crippen LogP contribution in [-0.2, 0) is 11.2 Å². The Morgan fingerprint density at radius 1 is 1.20 bits per heavy atom. The van der Waals surface area contributed by atoms with Crippen molar-refractivity contribution < 1.29 is 9.13 Å². The van der Waals surface area contributed by atoms with E-state index in [2.05, 4.69) is 19.2 Å². The first-order valence-corrected chi connectivity index (χ1v) is 7.73. The van der Waals surface area contributed by atoms with Gasteiger partial charge >= 0.3 is 0 Å². The Balaban J connectivity index is 2.53. The van der Waals surface area contributed by atoms with Gasteiger partial charge in [0.15, 0.2) is 0 Å². The summed E-state index contributed by atoms with van der Waals surface area (Å²) < 4.78 is 18.7. The second kappa shape index (κ2) is 9.89. The van der Waals surface area contributed by atoms with Gasteiger partial charge < -0.3 is 10.1 Å². The van der Waals surface area contributed by atoms with E-state index in [0.29, 0.717) is 6.04 Å². The summed E-state index contributed by atoms with van der Waals surface area (Å²) in [7, 11) is 0. The van der Waals surface area contributed by atoms with Gasteiger partial charge in [-0.05, 0) is 62.4 Å². The molecule has 1 N–H and O–H groups in total. The summed E-state index contributed by atoms with van der Waals surface area (Å²) in [6.07, 6.45) is 4.11. The van der Waals surface area contributed by atoms with Crippen molar-refractivity contribution in [1.82, 2.24) is 5.32 Å². The minimum Gasteiger partial charge on any atom is -0.381 e. The lowest BCUT2D eigenvalue weighted by Crippen LogP contribution is -2.33. The highest BCUT2D eigenvalue weighted by Crippen LogP contribution is 2.13. The first-order valence-electron chi connectivity index (χ1n) is 7.73. The van der Waals surface area contributed by atoms with Crippen LogP contribution < -0.4 is 5.32 Å². The average molecular weight is 281 g/mol. The van der Waals surface area contributed by atoms with E-state index in [4.69, 9.17) is 4.74 Å². The van der Waals surface area contributed by atoms with Gasteiger partial charge in [-0.15, -0.1) is 0 Å². The van der Waals surface area contributed by atoms with Gasteiger partial charge in [-0.3, -0.25) is 0 Å². The molecule has 1 aromatic rings. The van der Waals surface area contributed by atoms with Gasteiger partial charge in [-0.25, -0.2) is 4.39 Å². The molecule has 1 rings (SSSR count). The van der Waals surface area contributed by atoms with Crippen LogP contribution in [0.25, 0.3) is 0 Å². The highest BCUT2D eigenvalue weighted by atomic mass is 19.1. The van der Waals surface area contributed by atoms with E-state index in [0.717, 1.165) is 51.0 Å². The molecule has 1 atom stereocenters.